The lowest BCUT2D eigenvalue weighted by Gasteiger charge is -2.15. The van der Waals surface area contributed by atoms with Crippen molar-refractivity contribution < 1.29 is 28.8 Å². The van der Waals surface area contributed by atoms with Crippen molar-refractivity contribution in [1.82, 2.24) is 0 Å². The molecule has 1 heterocycles. The maximum atomic E-state index is 12.6. The van der Waals surface area contributed by atoms with Crippen molar-refractivity contribution in [2.45, 2.75) is 0 Å². The number of ether oxygens (including phenoxy) is 3. The molecule has 2 aromatic carbocycles. The quantitative estimate of drug-likeness (QED) is 0.751. The number of fused-ring (bicyclic) bond motifs is 1. The van der Waals surface area contributed by atoms with Crippen LogP contribution in [0.15, 0.2) is 39.5 Å². The highest BCUT2D eigenvalue weighted by Crippen LogP contribution is 2.44. The second-order valence-corrected chi connectivity index (χ2v) is 5.18. The van der Waals surface area contributed by atoms with E-state index in [1.807, 2.05) is 0 Å². The Bertz CT molecular complexity index is 987. The Kier molecular flexibility index (Phi) is 4.14. The van der Waals surface area contributed by atoms with Crippen LogP contribution >= 0.6 is 0 Å². The molecule has 0 aliphatic rings. The molecule has 0 spiro atoms. The molecule has 0 atom stereocenters. The number of hydrogen-bond acceptors (Lipinski definition) is 7. The maximum absolute atomic E-state index is 12.6. The van der Waals surface area contributed by atoms with Crippen LogP contribution in [0.2, 0.25) is 0 Å². The van der Waals surface area contributed by atoms with Crippen LogP contribution in [0.25, 0.3) is 22.3 Å². The summed E-state index contributed by atoms with van der Waals surface area (Å²) >= 11 is 0. The third kappa shape index (κ3) is 2.59. The summed E-state index contributed by atoms with van der Waals surface area (Å²) in [5.74, 6) is 0.179. The van der Waals surface area contributed by atoms with Crippen LogP contribution in [0.4, 0.5) is 0 Å². The van der Waals surface area contributed by atoms with Gasteiger partial charge in [-0.3, -0.25) is 4.79 Å². The normalized spacial score (nSPS) is 10.7. The van der Waals surface area contributed by atoms with Gasteiger partial charge in [0.15, 0.2) is 17.1 Å². The molecule has 1 aromatic heterocycles. The fourth-order valence-electron chi connectivity index (χ4n) is 2.59. The van der Waals surface area contributed by atoms with E-state index in [2.05, 4.69) is 0 Å². The largest absolute Gasteiger partial charge is 0.508 e. The first-order valence-electron chi connectivity index (χ1n) is 7.30. The molecule has 25 heavy (non-hydrogen) atoms. The van der Waals surface area contributed by atoms with Crippen LogP contribution in [0.1, 0.15) is 0 Å². The zero-order valence-corrected chi connectivity index (χ0v) is 13.8. The van der Waals surface area contributed by atoms with Crippen LogP contribution < -0.4 is 19.6 Å². The van der Waals surface area contributed by atoms with Crippen LogP contribution in [0, 0.1) is 0 Å². The summed E-state index contributed by atoms with van der Waals surface area (Å²) < 4.78 is 21.6. The van der Waals surface area contributed by atoms with Gasteiger partial charge >= 0.3 is 0 Å². The number of hydrogen-bond donors (Lipinski definition) is 2. The van der Waals surface area contributed by atoms with Gasteiger partial charge in [0.05, 0.1) is 26.7 Å². The zero-order valence-electron chi connectivity index (χ0n) is 13.8. The van der Waals surface area contributed by atoms with E-state index in [9.17, 15) is 15.0 Å². The van der Waals surface area contributed by atoms with Crippen LogP contribution in [-0.4, -0.2) is 31.5 Å². The third-order valence-corrected chi connectivity index (χ3v) is 3.79. The van der Waals surface area contributed by atoms with Crippen LogP contribution in [0.5, 0.6) is 28.7 Å². The second kappa shape index (κ2) is 6.27. The first kappa shape index (κ1) is 16.5. The number of phenolic OH excluding ortho intramolecular Hbond substituents is 1. The first-order valence-corrected chi connectivity index (χ1v) is 7.30. The SMILES string of the molecule is COc1cc2c(=O)c(O)c(-c3ccc(O)cc3)oc2c(OC)c1OC. The van der Waals surface area contributed by atoms with E-state index < -0.39 is 11.2 Å². The Morgan fingerprint density at radius 2 is 1.56 bits per heavy atom. The summed E-state index contributed by atoms with van der Waals surface area (Å²) in [5, 5.41) is 19.8. The standard InChI is InChI=1S/C18H16O7/c1-22-12-8-11-13(20)14(21)15(9-4-6-10(19)7-5-9)25-16(11)18(24-3)17(12)23-2/h4-8,19,21H,1-3H3. The van der Waals surface area contributed by atoms with E-state index in [1.54, 1.807) is 0 Å². The summed E-state index contributed by atoms with van der Waals surface area (Å²) in [6.07, 6.45) is 0. The first-order chi connectivity index (χ1) is 12.0. The predicted octanol–water partition coefficient (Wildman–Crippen LogP) is 2.90. The van der Waals surface area contributed by atoms with E-state index in [-0.39, 0.29) is 39.7 Å². The minimum atomic E-state index is -0.636. The number of benzene rings is 2. The van der Waals surface area contributed by atoms with Gasteiger partial charge in [0.2, 0.25) is 22.7 Å². The molecule has 0 amide bonds. The van der Waals surface area contributed by atoms with Gasteiger partial charge < -0.3 is 28.8 Å². The highest BCUT2D eigenvalue weighted by atomic mass is 16.5. The van der Waals surface area contributed by atoms with Crippen molar-refractivity contribution in [2.75, 3.05) is 21.3 Å². The van der Waals surface area contributed by atoms with Crippen molar-refractivity contribution in [3.05, 3.63) is 40.6 Å². The van der Waals surface area contributed by atoms with Crippen molar-refractivity contribution >= 4 is 11.0 Å². The van der Waals surface area contributed by atoms with Gasteiger partial charge in [-0.1, -0.05) is 0 Å². The topological polar surface area (TPSA) is 98.4 Å². The molecule has 7 heteroatoms. The van der Waals surface area contributed by atoms with Gasteiger partial charge in [-0.2, -0.15) is 0 Å². The van der Waals surface area contributed by atoms with Crippen molar-refractivity contribution in [3.8, 4) is 40.1 Å². The highest BCUT2D eigenvalue weighted by Gasteiger charge is 2.23. The highest BCUT2D eigenvalue weighted by molar-refractivity contribution is 5.90. The Morgan fingerprint density at radius 1 is 0.920 bits per heavy atom. The van der Waals surface area contributed by atoms with Crippen molar-refractivity contribution in [2.24, 2.45) is 0 Å². The molecule has 3 aromatic rings. The van der Waals surface area contributed by atoms with Gasteiger partial charge in [-0.25, -0.2) is 0 Å². The maximum Gasteiger partial charge on any atom is 0.235 e. The van der Waals surface area contributed by atoms with Gasteiger partial charge in [-0.15, -0.1) is 0 Å². The summed E-state index contributed by atoms with van der Waals surface area (Å²) in [7, 11) is 4.27. The van der Waals surface area contributed by atoms with Crippen LogP contribution in [0.3, 0.4) is 0 Å². The van der Waals surface area contributed by atoms with Gasteiger partial charge in [0, 0.05) is 5.56 Å². The monoisotopic (exact) mass is 344 g/mol. The molecule has 0 bridgehead atoms. The van der Waals surface area contributed by atoms with Crippen molar-refractivity contribution in [3.63, 3.8) is 0 Å². The Balaban J connectivity index is 2.41. The molecule has 3 rings (SSSR count). The smallest absolute Gasteiger partial charge is 0.235 e. The molecule has 0 fully saturated rings. The van der Waals surface area contributed by atoms with E-state index in [0.717, 1.165) is 0 Å². The fourth-order valence-corrected chi connectivity index (χ4v) is 2.59. The number of aromatic hydroxyl groups is 2. The summed E-state index contributed by atoms with van der Waals surface area (Å²) in [6.45, 7) is 0. The molecule has 7 nitrogen and oxygen atoms in total. The number of phenols is 1. The minimum Gasteiger partial charge on any atom is -0.508 e. The average molecular weight is 344 g/mol. The Labute approximate surface area is 142 Å². The zero-order chi connectivity index (χ0) is 18.1. The summed E-state index contributed by atoms with van der Waals surface area (Å²) in [6, 6.07) is 7.30. The minimum absolute atomic E-state index is 0.0389. The molecule has 0 saturated heterocycles. The molecule has 0 unspecified atom stereocenters. The molecular weight excluding hydrogens is 328 g/mol. The lowest BCUT2D eigenvalue weighted by atomic mass is 10.1. The van der Waals surface area contributed by atoms with E-state index in [0.29, 0.717) is 5.56 Å². The number of rotatable bonds is 4. The summed E-state index contributed by atoms with van der Waals surface area (Å²) in [5.41, 5.74) is -0.0965. The average Bonchev–Trinajstić information content (AvgIpc) is 2.63. The van der Waals surface area contributed by atoms with Crippen LogP contribution in [-0.2, 0) is 0 Å². The lowest BCUT2D eigenvalue weighted by molar-refractivity contribution is 0.323. The molecule has 0 radical (unpaired) electrons. The number of methoxy groups -OCH3 is 3. The van der Waals surface area contributed by atoms with Gasteiger partial charge in [0.25, 0.3) is 0 Å². The fraction of sp³-hybridized carbons (Fsp3) is 0.167. The van der Waals surface area contributed by atoms with Gasteiger partial charge in [-0.05, 0) is 30.3 Å². The molecular formula is C18H16O7. The Hall–Kier alpha value is -3.35. The molecule has 2 N–H and O–H groups in total. The lowest BCUT2D eigenvalue weighted by Crippen LogP contribution is -2.05. The van der Waals surface area contributed by atoms with E-state index >= 15 is 0 Å². The molecule has 0 aliphatic heterocycles. The molecule has 130 valence electrons. The predicted molar refractivity (Wildman–Crippen MR) is 90.9 cm³/mol. The molecule has 0 saturated carbocycles. The van der Waals surface area contributed by atoms with Gasteiger partial charge in [0.1, 0.15) is 5.75 Å². The van der Waals surface area contributed by atoms with Crippen molar-refractivity contribution in [1.29, 1.82) is 0 Å². The third-order valence-electron chi connectivity index (χ3n) is 3.79. The van der Waals surface area contributed by atoms with E-state index in [1.165, 1.54) is 51.7 Å². The summed E-state index contributed by atoms with van der Waals surface area (Å²) in [4.78, 5) is 12.6. The Morgan fingerprint density at radius 3 is 2.12 bits per heavy atom. The second-order valence-electron chi connectivity index (χ2n) is 5.18. The van der Waals surface area contributed by atoms with E-state index in [4.69, 9.17) is 18.6 Å². The molecule has 0 aliphatic carbocycles.